The average Bonchev–Trinajstić information content (AvgIpc) is 2.58. The van der Waals surface area contributed by atoms with Gasteiger partial charge in [0.15, 0.2) is 0 Å². The van der Waals surface area contributed by atoms with Crippen molar-refractivity contribution >= 4 is 5.97 Å². The molecule has 24 heavy (non-hydrogen) atoms. The molecule has 3 heteroatoms. The van der Waals surface area contributed by atoms with Crippen molar-refractivity contribution in [1.82, 2.24) is 0 Å². The number of hydrogen-bond acceptors (Lipinski definition) is 3. The first-order valence-corrected chi connectivity index (χ1v) is 9.18. The van der Waals surface area contributed by atoms with Crippen LogP contribution in [0, 0.1) is 0 Å². The van der Waals surface area contributed by atoms with E-state index >= 15 is 0 Å². The third-order valence-electron chi connectivity index (χ3n) is 3.94. The Kier molecular flexibility index (Phi) is 10.7. The molecule has 134 valence electrons. The van der Waals surface area contributed by atoms with Gasteiger partial charge in [0.2, 0.25) is 0 Å². The zero-order valence-corrected chi connectivity index (χ0v) is 15.3. The quantitative estimate of drug-likeness (QED) is 0.273. The topological polar surface area (TPSA) is 35.5 Å². The lowest BCUT2D eigenvalue weighted by Crippen LogP contribution is -2.13. The van der Waals surface area contributed by atoms with Crippen LogP contribution in [0.25, 0.3) is 0 Å². The highest BCUT2D eigenvalue weighted by atomic mass is 16.6. The maximum absolute atomic E-state index is 11.3. The van der Waals surface area contributed by atoms with Crippen LogP contribution in [0.5, 0.6) is 5.75 Å². The van der Waals surface area contributed by atoms with Gasteiger partial charge in [-0.2, -0.15) is 0 Å². The minimum atomic E-state index is -0.366. The molecule has 0 fully saturated rings. The number of aryl methyl sites for hydroxylation is 1. The number of benzene rings is 1. The van der Waals surface area contributed by atoms with Crippen molar-refractivity contribution in [2.75, 3.05) is 13.2 Å². The number of rotatable bonds is 13. The minimum absolute atomic E-state index is 0.247. The van der Waals surface area contributed by atoms with E-state index in [0.29, 0.717) is 12.2 Å². The van der Waals surface area contributed by atoms with Gasteiger partial charge in [0, 0.05) is 5.57 Å². The Hall–Kier alpha value is -1.77. The normalized spacial score (nSPS) is 10.4. The molecule has 0 aliphatic carbocycles. The van der Waals surface area contributed by atoms with Crippen LogP contribution < -0.4 is 4.74 Å². The van der Waals surface area contributed by atoms with Crippen LogP contribution in [0.2, 0.25) is 0 Å². The van der Waals surface area contributed by atoms with Gasteiger partial charge in [-0.3, -0.25) is 0 Å². The van der Waals surface area contributed by atoms with E-state index in [1.165, 1.54) is 50.5 Å². The van der Waals surface area contributed by atoms with E-state index in [1.54, 1.807) is 6.92 Å². The lowest BCUT2D eigenvalue weighted by molar-refractivity contribution is -0.139. The van der Waals surface area contributed by atoms with Gasteiger partial charge in [-0.25, -0.2) is 4.79 Å². The van der Waals surface area contributed by atoms with Crippen LogP contribution in [-0.4, -0.2) is 19.2 Å². The summed E-state index contributed by atoms with van der Waals surface area (Å²) in [6, 6.07) is 8.12. The molecule has 0 spiro atoms. The maximum atomic E-state index is 11.3. The van der Waals surface area contributed by atoms with Gasteiger partial charge in [-0.05, 0) is 31.4 Å². The van der Waals surface area contributed by atoms with Gasteiger partial charge in [0.05, 0.1) is 0 Å². The first-order valence-electron chi connectivity index (χ1n) is 9.18. The second-order valence-electron chi connectivity index (χ2n) is 6.24. The molecule has 1 rings (SSSR count). The zero-order chi connectivity index (χ0) is 17.6. The van der Waals surface area contributed by atoms with Gasteiger partial charge >= 0.3 is 5.97 Å². The zero-order valence-electron chi connectivity index (χ0n) is 15.3. The molecule has 0 aliphatic rings. The maximum Gasteiger partial charge on any atom is 0.333 e. The largest absolute Gasteiger partial charge is 0.490 e. The van der Waals surface area contributed by atoms with Crippen LogP contribution in [0.1, 0.15) is 64.4 Å². The summed E-state index contributed by atoms with van der Waals surface area (Å²) in [7, 11) is 0. The Morgan fingerprint density at radius 3 is 2.38 bits per heavy atom. The van der Waals surface area contributed by atoms with Gasteiger partial charge in [0.25, 0.3) is 0 Å². The fourth-order valence-corrected chi connectivity index (χ4v) is 2.53. The summed E-state index contributed by atoms with van der Waals surface area (Å²) in [5, 5.41) is 0. The van der Waals surface area contributed by atoms with Crippen LogP contribution in [0.15, 0.2) is 36.4 Å². The number of carbonyl (C=O) groups is 1. The standard InChI is InChI=1S/C21H32O3/c1-4-5-6-7-8-9-10-13-19-14-11-12-15-20(19)23-16-17-24-21(22)18(2)3/h11-12,14-15H,2,4-10,13,16-17H2,1,3H3. The summed E-state index contributed by atoms with van der Waals surface area (Å²) < 4.78 is 10.8. The van der Waals surface area contributed by atoms with Crippen molar-refractivity contribution in [3.8, 4) is 5.75 Å². The summed E-state index contributed by atoms with van der Waals surface area (Å²) in [4.78, 5) is 11.3. The lowest BCUT2D eigenvalue weighted by Gasteiger charge is -2.12. The molecule has 0 saturated heterocycles. The van der Waals surface area contributed by atoms with E-state index in [1.807, 2.05) is 18.2 Å². The predicted molar refractivity (Wildman–Crippen MR) is 99.4 cm³/mol. The van der Waals surface area contributed by atoms with E-state index in [2.05, 4.69) is 19.6 Å². The van der Waals surface area contributed by atoms with Gasteiger partial charge in [-0.1, -0.05) is 70.2 Å². The summed E-state index contributed by atoms with van der Waals surface area (Å²) in [5.41, 5.74) is 1.65. The van der Waals surface area contributed by atoms with Gasteiger partial charge in [-0.15, -0.1) is 0 Å². The summed E-state index contributed by atoms with van der Waals surface area (Å²) in [6.07, 6.45) is 10.2. The highest BCUT2D eigenvalue weighted by molar-refractivity contribution is 5.86. The number of carbonyl (C=O) groups excluding carboxylic acids is 1. The fourth-order valence-electron chi connectivity index (χ4n) is 2.53. The number of ether oxygens (including phenoxy) is 2. The van der Waals surface area contributed by atoms with Crippen LogP contribution >= 0.6 is 0 Å². The third kappa shape index (κ3) is 8.76. The van der Waals surface area contributed by atoms with E-state index in [4.69, 9.17) is 9.47 Å². The van der Waals surface area contributed by atoms with Gasteiger partial charge in [0.1, 0.15) is 19.0 Å². The molecule has 0 atom stereocenters. The Labute approximate surface area is 147 Å². The minimum Gasteiger partial charge on any atom is -0.490 e. The number of esters is 1. The summed E-state index contributed by atoms with van der Waals surface area (Å²) in [6.45, 7) is 8.06. The Morgan fingerprint density at radius 2 is 1.67 bits per heavy atom. The molecule has 0 aromatic heterocycles. The molecule has 0 bridgehead atoms. The van der Waals surface area contributed by atoms with Crippen molar-refractivity contribution in [2.24, 2.45) is 0 Å². The first-order chi connectivity index (χ1) is 11.6. The highest BCUT2D eigenvalue weighted by Gasteiger charge is 2.05. The van der Waals surface area contributed by atoms with Crippen molar-refractivity contribution in [3.63, 3.8) is 0 Å². The van der Waals surface area contributed by atoms with Crippen molar-refractivity contribution in [3.05, 3.63) is 42.0 Å². The predicted octanol–water partition coefficient (Wildman–Crippen LogP) is 5.48. The fraction of sp³-hybridized carbons (Fsp3) is 0.571. The molecule has 3 nitrogen and oxygen atoms in total. The molecule has 0 saturated carbocycles. The monoisotopic (exact) mass is 332 g/mol. The third-order valence-corrected chi connectivity index (χ3v) is 3.94. The Bertz CT molecular complexity index is 494. The van der Waals surface area contributed by atoms with E-state index in [-0.39, 0.29) is 12.6 Å². The van der Waals surface area contributed by atoms with E-state index in [9.17, 15) is 4.79 Å². The highest BCUT2D eigenvalue weighted by Crippen LogP contribution is 2.21. The van der Waals surface area contributed by atoms with E-state index in [0.717, 1.165) is 12.2 Å². The molecular weight excluding hydrogens is 300 g/mol. The smallest absolute Gasteiger partial charge is 0.333 e. The van der Waals surface area contributed by atoms with Crippen LogP contribution in [0.3, 0.4) is 0 Å². The molecule has 0 amide bonds. The number of unbranched alkanes of at least 4 members (excludes halogenated alkanes) is 6. The Morgan fingerprint density at radius 1 is 1.00 bits per heavy atom. The Balaban J connectivity index is 2.26. The number of hydrogen-bond donors (Lipinski definition) is 0. The second kappa shape index (κ2) is 12.6. The van der Waals surface area contributed by atoms with Crippen LogP contribution in [-0.2, 0) is 16.0 Å². The van der Waals surface area contributed by atoms with Crippen molar-refractivity contribution in [2.45, 2.75) is 65.2 Å². The van der Waals surface area contributed by atoms with Crippen molar-refractivity contribution < 1.29 is 14.3 Å². The molecule has 1 aromatic carbocycles. The molecule has 0 radical (unpaired) electrons. The molecule has 0 heterocycles. The summed E-state index contributed by atoms with van der Waals surface area (Å²) >= 11 is 0. The molecule has 0 N–H and O–H groups in total. The molecule has 1 aromatic rings. The lowest BCUT2D eigenvalue weighted by atomic mass is 10.0. The SMILES string of the molecule is C=C(C)C(=O)OCCOc1ccccc1CCCCCCCCC. The van der Waals surface area contributed by atoms with Crippen molar-refractivity contribution in [1.29, 1.82) is 0 Å². The van der Waals surface area contributed by atoms with E-state index < -0.39 is 0 Å². The first kappa shape index (κ1) is 20.3. The molecule has 0 unspecified atom stereocenters. The van der Waals surface area contributed by atoms with Crippen LogP contribution in [0.4, 0.5) is 0 Å². The van der Waals surface area contributed by atoms with Gasteiger partial charge < -0.3 is 9.47 Å². The number of para-hydroxylation sites is 1. The average molecular weight is 332 g/mol. The summed E-state index contributed by atoms with van der Waals surface area (Å²) in [5.74, 6) is 0.532. The molecular formula is C21H32O3. The molecule has 0 aliphatic heterocycles. The second-order valence-corrected chi connectivity index (χ2v) is 6.24.